The number of benzene rings is 2. The number of hydrogen-bond acceptors (Lipinski definition) is 2. The van der Waals surface area contributed by atoms with Crippen LogP contribution in [-0.2, 0) is 6.54 Å². The number of hydrogen-bond donors (Lipinski definition) is 0. The predicted molar refractivity (Wildman–Crippen MR) is 99.0 cm³/mol. The van der Waals surface area contributed by atoms with Gasteiger partial charge in [0.1, 0.15) is 5.82 Å². The summed E-state index contributed by atoms with van der Waals surface area (Å²) in [6.45, 7) is 8.64. The molecule has 0 saturated heterocycles. The molecule has 122 valence electrons. The van der Waals surface area contributed by atoms with E-state index in [-0.39, 0.29) is 5.82 Å². The van der Waals surface area contributed by atoms with Gasteiger partial charge in [-0.15, -0.1) is 17.9 Å². The molecule has 24 heavy (non-hydrogen) atoms. The van der Waals surface area contributed by atoms with E-state index in [1.165, 1.54) is 17.7 Å². The van der Waals surface area contributed by atoms with Gasteiger partial charge in [0, 0.05) is 11.9 Å². The van der Waals surface area contributed by atoms with Crippen LogP contribution in [-0.4, -0.2) is 4.57 Å². The molecule has 0 radical (unpaired) electrons. The Morgan fingerprint density at radius 3 is 2.58 bits per heavy atom. The van der Waals surface area contributed by atoms with Crippen molar-refractivity contribution in [3.63, 3.8) is 0 Å². The van der Waals surface area contributed by atoms with E-state index in [1.54, 1.807) is 23.5 Å². The van der Waals surface area contributed by atoms with Crippen molar-refractivity contribution in [2.75, 3.05) is 0 Å². The maximum Gasteiger partial charge on any atom is 0.190 e. The lowest BCUT2D eigenvalue weighted by Crippen LogP contribution is -2.14. The summed E-state index contributed by atoms with van der Waals surface area (Å²) in [5, 5.41) is 2.05. The highest BCUT2D eigenvalue weighted by Crippen LogP contribution is 2.23. The zero-order chi connectivity index (χ0) is 17.1. The molecule has 0 spiro atoms. The lowest BCUT2D eigenvalue weighted by molar-refractivity contribution is 0.628. The van der Waals surface area contributed by atoms with Crippen LogP contribution in [0.5, 0.6) is 0 Å². The fraction of sp³-hybridized carbons (Fsp3) is 0.150. The maximum absolute atomic E-state index is 13.2. The van der Waals surface area contributed by atoms with E-state index < -0.39 is 0 Å². The monoisotopic (exact) mass is 338 g/mol. The minimum Gasteiger partial charge on any atom is -0.313 e. The van der Waals surface area contributed by atoms with E-state index in [0.29, 0.717) is 6.54 Å². The molecule has 0 aliphatic heterocycles. The molecular weight excluding hydrogens is 319 g/mol. The first-order chi connectivity index (χ1) is 11.6. The van der Waals surface area contributed by atoms with Crippen molar-refractivity contribution >= 4 is 17.0 Å². The van der Waals surface area contributed by atoms with Crippen LogP contribution in [0.1, 0.15) is 11.1 Å². The van der Waals surface area contributed by atoms with E-state index >= 15 is 0 Å². The van der Waals surface area contributed by atoms with Gasteiger partial charge in [-0.1, -0.05) is 23.8 Å². The first-order valence-corrected chi connectivity index (χ1v) is 8.63. The molecule has 0 N–H and O–H groups in total. The third-order valence-corrected chi connectivity index (χ3v) is 4.68. The maximum atomic E-state index is 13.2. The third-order valence-electron chi connectivity index (χ3n) is 3.82. The molecule has 0 aliphatic carbocycles. The van der Waals surface area contributed by atoms with Crippen molar-refractivity contribution in [1.29, 1.82) is 0 Å². The lowest BCUT2D eigenvalue weighted by atomic mass is 10.1. The normalized spacial score (nSPS) is 11.7. The first-order valence-electron chi connectivity index (χ1n) is 7.75. The Balaban J connectivity index is 2.13. The lowest BCUT2D eigenvalue weighted by Gasteiger charge is -2.07. The molecule has 2 nitrogen and oxygen atoms in total. The molecule has 0 saturated carbocycles. The molecule has 4 heteroatoms. The highest BCUT2D eigenvalue weighted by Gasteiger charge is 2.08. The van der Waals surface area contributed by atoms with Gasteiger partial charge in [0.2, 0.25) is 0 Å². The van der Waals surface area contributed by atoms with Crippen LogP contribution in [0.25, 0.3) is 11.3 Å². The average molecular weight is 338 g/mol. The summed E-state index contributed by atoms with van der Waals surface area (Å²) >= 11 is 1.58. The van der Waals surface area contributed by atoms with Gasteiger partial charge in [-0.3, -0.25) is 0 Å². The number of aryl methyl sites for hydroxylation is 2. The number of aromatic nitrogens is 1. The number of thiazole rings is 1. The van der Waals surface area contributed by atoms with Gasteiger partial charge in [0.25, 0.3) is 0 Å². The standard InChI is InChI=1S/C20H19FN2S/c1-4-11-23-19(16-6-8-17(21)9-7-16)13-24-20(23)22-18-10-5-14(2)12-15(18)3/h4-10,12-13H,1,11H2,2-3H3. The smallest absolute Gasteiger partial charge is 0.190 e. The fourth-order valence-corrected chi connectivity index (χ4v) is 3.54. The topological polar surface area (TPSA) is 17.3 Å². The Bertz CT molecular complexity index is 933. The second-order valence-corrected chi connectivity index (χ2v) is 6.55. The summed E-state index contributed by atoms with van der Waals surface area (Å²) < 4.78 is 15.3. The summed E-state index contributed by atoms with van der Waals surface area (Å²) in [5.74, 6) is -0.232. The molecule has 0 amide bonds. The predicted octanol–water partition coefficient (Wildman–Crippen LogP) is 5.39. The van der Waals surface area contributed by atoms with Crippen molar-refractivity contribution < 1.29 is 4.39 Å². The van der Waals surface area contributed by atoms with Gasteiger partial charge in [0.05, 0.1) is 11.4 Å². The molecule has 3 aromatic rings. The average Bonchev–Trinajstić information content (AvgIpc) is 2.94. The van der Waals surface area contributed by atoms with Crippen LogP contribution in [0.2, 0.25) is 0 Å². The molecule has 0 aliphatic rings. The second-order valence-electron chi connectivity index (χ2n) is 5.71. The SMILES string of the molecule is C=CCn1c(-c2ccc(F)cc2)csc1=Nc1ccc(C)cc1C. The number of allylic oxidation sites excluding steroid dienone is 1. The molecule has 3 rings (SSSR count). The Kier molecular flexibility index (Phi) is 4.76. The first kappa shape index (κ1) is 16.4. The van der Waals surface area contributed by atoms with Crippen molar-refractivity contribution in [1.82, 2.24) is 4.57 Å². The molecular formula is C20H19FN2S. The van der Waals surface area contributed by atoms with Gasteiger partial charge in [-0.05, 0) is 55.3 Å². The van der Waals surface area contributed by atoms with Crippen molar-refractivity contribution in [2.45, 2.75) is 20.4 Å². The molecule has 0 bridgehead atoms. The van der Waals surface area contributed by atoms with Crippen LogP contribution < -0.4 is 4.80 Å². The van der Waals surface area contributed by atoms with Crippen molar-refractivity contribution in [3.8, 4) is 11.3 Å². The minimum atomic E-state index is -0.232. The zero-order valence-electron chi connectivity index (χ0n) is 13.8. The summed E-state index contributed by atoms with van der Waals surface area (Å²) in [6.07, 6.45) is 1.85. The number of halogens is 1. The Labute approximate surface area is 145 Å². The highest BCUT2D eigenvalue weighted by molar-refractivity contribution is 7.07. The van der Waals surface area contributed by atoms with Crippen LogP contribution in [0.4, 0.5) is 10.1 Å². The zero-order valence-corrected chi connectivity index (χ0v) is 14.6. The van der Waals surface area contributed by atoms with Gasteiger partial charge in [-0.25, -0.2) is 9.38 Å². The highest BCUT2D eigenvalue weighted by atomic mass is 32.1. The summed E-state index contributed by atoms with van der Waals surface area (Å²) in [5.41, 5.74) is 5.33. The molecule has 0 atom stereocenters. The van der Waals surface area contributed by atoms with E-state index in [2.05, 4.69) is 42.5 Å². The van der Waals surface area contributed by atoms with Crippen LogP contribution >= 0.6 is 11.3 Å². The Hall–Kier alpha value is -2.46. The van der Waals surface area contributed by atoms with E-state index in [1.807, 2.05) is 12.1 Å². The van der Waals surface area contributed by atoms with Gasteiger partial charge in [-0.2, -0.15) is 0 Å². The van der Waals surface area contributed by atoms with E-state index in [4.69, 9.17) is 4.99 Å². The molecule has 1 heterocycles. The Morgan fingerprint density at radius 1 is 1.17 bits per heavy atom. The number of nitrogens with zero attached hydrogens (tertiary/aromatic N) is 2. The van der Waals surface area contributed by atoms with Crippen molar-refractivity contribution in [2.24, 2.45) is 4.99 Å². The quantitative estimate of drug-likeness (QED) is 0.567. The van der Waals surface area contributed by atoms with Crippen LogP contribution in [0.3, 0.4) is 0 Å². The van der Waals surface area contributed by atoms with E-state index in [0.717, 1.165) is 27.3 Å². The summed E-state index contributed by atoms with van der Waals surface area (Å²) in [7, 11) is 0. The van der Waals surface area contributed by atoms with Crippen LogP contribution in [0.15, 0.2) is 65.5 Å². The van der Waals surface area contributed by atoms with Gasteiger partial charge >= 0.3 is 0 Å². The summed E-state index contributed by atoms with van der Waals surface area (Å²) in [6, 6.07) is 12.8. The van der Waals surface area contributed by atoms with Crippen molar-refractivity contribution in [3.05, 3.63) is 82.2 Å². The largest absolute Gasteiger partial charge is 0.313 e. The van der Waals surface area contributed by atoms with Gasteiger partial charge in [0.15, 0.2) is 4.80 Å². The molecule has 0 unspecified atom stereocenters. The molecule has 0 fully saturated rings. The fourth-order valence-electron chi connectivity index (χ4n) is 2.61. The second kappa shape index (κ2) is 6.97. The molecule has 1 aromatic heterocycles. The Morgan fingerprint density at radius 2 is 1.92 bits per heavy atom. The van der Waals surface area contributed by atoms with E-state index in [9.17, 15) is 4.39 Å². The van der Waals surface area contributed by atoms with Crippen LogP contribution in [0, 0.1) is 19.7 Å². The summed E-state index contributed by atoms with van der Waals surface area (Å²) in [4.78, 5) is 5.73. The third kappa shape index (κ3) is 3.39. The van der Waals surface area contributed by atoms with Gasteiger partial charge < -0.3 is 4.57 Å². The minimum absolute atomic E-state index is 0.232. The molecule has 2 aromatic carbocycles. The number of rotatable bonds is 4.